The molecule has 4 nitrogen and oxygen atoms in total. The van der Waals surface area contributed by atoms with Crippen LogP contribution in [0.25, 0.3) is 11.4 Å². The van der Waals surface area contributed by atoms with Crippen LogP contribution in [-0.2, 0) is 13.0 Å². The zero-order valence-corrected chi connectivity index (χ0v) is 9.56. The summed E-state index contributed by atoms with van der Waals surface area (Å²) < 4.78 is 14.8. The Bertz CT molecular complexity index is 617. The van der Waals surface area contributed by atoms with E-state index in [1.54, 1.807) is 12.1 Å². The molecule has 3 rings (SSSR count). The fourth-order valence-electron chi connectivity index (χ4n) is 2.38. The molecule has 92 valence electrons. The minimum Gasteiger partial charge on any atom is -0.476 e. The smallest absolute Gasteiger partial charge is 0.356 e. The summed E-state index contributed by atoms with van der Waals surface area (Å²) in [7, 11) is 0. The molecule has 2 heterocycles. The van der Waals surface area contributed by atoms with Crippen molar-refractivity contribution < 1.29 is 14.3 Å². The number of carboxylic acids is 1. The molecule has 0 spiro atoms. The van der Waals surface area contributed by atoms with E-state index in [9.17, 15) is 9.18 Å². The predicted molar refractivity (Wildman–Crippen MR) is 62.9 cm³/mol. The number of nitrogens with zero attached hydrogens (tertiary/aromatic N) is 2. The third kappa shape index (κ3) is 1.59. The van der Waals surface area contributed by atoms with E-state index in [-0.39, 0.29) is 11.5 Å². The lowest BCUT2D eigenvalue weighted by Gasteiger charge is -2.03. The van der Waals surface area contributed by atoms with Crippen LogP contribution < -0.4 is 0 Å². The molecule has 0 unspecified atom stereocenters. The molecule has 1 N–H and O–H groups in total. The summed E-state index contributed by atoms with van der Waals surface area (Å²) >= 11 is 0. The van der Waals surface area contributed by atoms with Crippen LogP contribution in [0.2, 0.25) is 0 Å². The van der Waals surface area contributed by atoms with Gasteiger partial charge in [0.25, 0.3) is 0 Å². The standard InChI is InChI=1S/C13H11FN2O2/c14-9-5-3-8(4-6-9)12-15-11(13(17)18)10-2-1-7-16(10)12/h3-6H,1-2,7H2,(H,17,18). The van der Waals surface area contributed by atoms with Crippen molar-refractivity contribution in [3.05, 3.63) is 41.5 Å². The Kier molecular flexibility index (Phi) is 2.40. The predicted octanol–water partition coefficient (Wildman–Crippen LogP) is 2.33. The lowest BCUT2D eigenvalue weighted by atomic mass is 10.2. The summed E-state index contributed by atoms with van der Waals surface area (Å²) in [6.07, 6.45) is 1.65. The summed E-state index contributed by atoms with van der Waals surface area (Å²) in [5.74, 6) is -0.709. The van der Waals surface area contributed by atoms with Gasteiger partial charge >= 0.3 is 5.97 Å². The molecular weight excluding hydrogens is 235 g/mol. The van der Waals surface area contributed by atoms with E-state index in [1.165, 1.54) is 12.1 Å². The number of carbonyl (C=O) groups is 1. The molecule has 0 aliphatic carbocycles. The SMILES string of the molecule is O=C(O)c1nc(-c2ccc(F)cc2)n2c1CCC2. The first-order valence-corrected chi connectivity index (χ1v) is 5.75. The van der Waals surface area contributed by atoms with E-state index >= 15 is 0 Å². The lowest BCUT2D eigenvalue weighted by Crippen LogP contribution is -2.00. The van der Waals surface area contributed by atoms with Gasteiger partial charge in [-0.05, 0) is 37.1 Å². The average molecular weight is 246 g/mol. The Morgan fingerprint density at radius 3 is 2.72 bits per heavy atom. The molecule has 0 saturated carbocycles. The monoisotopic (exact) mass is 246 g/mol. The van der Waals surface area contributed by atoms with Crippen LogP contribution in [-0.4, -0.2) is 20.6 Å². The third-order valence-corrected chi connectivity index (χ3v) is 3.17. The minimum atomic E-state index is -1.01. The number of hydrogen-bond donors (Lipinski definition) is 1. The molecule has 1 aromatic heterocycles. The molecule has 18 heavy (non-hydrogen) atoms. The molecule has 2 aromatic rings. The Balaban J connectivity index is 2.15. The maximum Gasteiger partial charge on any atom is 0.356 e. The summed E-state index contributed by atoms with van der Waals surface area (Å²) in [5, 5.41) is 9.12. The van der Waals surface area contributed by atoms with Gasteiger partial charge in [-0.15, -0.1) is 0 Å². The maximum atomic E-state index is 12.9. The first-order chi connectivity index (χ1) is 8.66. The van der Waals surface area contributed by atoms with Crippen molar-refractivity contribution in [3.63, 3.8) is 0 Å². The Hall–Kier alpha value is -2.17. The van der Waals surface area contributed by atoms with Crippen molar-refractivity contribution in [2.24, 2.45) is 0 Å². The highest BCUT2D eigenvalue weighted by molar-refractivity contribution is 5.88. The zero-order valence-electron chi connectivity index (χ0n) is 9.56. The molecule has 1 aromatic carbocycles. The van der Waals surface area contributed by atoms with Gasteiger partial charge in [0.1, 0.15) is 11.6 Å². The van der Waals surface area contributed by atoms with Gasteiger partial charge in [0.15, 0.2) is 5.69 Å². The van der Waals surface area contributed by atoms with Crippen molar-refractivity contribution >= 4 is 5.97 Å². The number of carboxylic acid groups (broad SMARTS) is 1. The van der Waals surface area contributed by atoms with Gasteiger partial charge in [-0.2, -0.15) is 0 Å². The van der Waals surface area contributed by atoms with Gasteiger partial charge in [-0.25, -0.2) is 14.2 Å². The van der Waals surface area contributed by atoms with Crippen LogP contribution in [0.4, 0.5) is 4.39 Å². The van der Waals surface area contributed by atoms with Crippen LogP contribution in [0.15, 0.2) is 24.3 Å². The summed E-state index contributed by atoms with van der Waals surface area (Å²) in [6.45, 7) is 0.766. The third-order valence-electron chi connectivity index (χ3n) is 3.17. The second-order valence-electron chi connectivity index (χ2n) is 4.30. The van der Waals surface area contributed by atoms with Crippen molar-refractivity contribution in [2.75, 3.05) is 0 Å². The largest absolute Gasteiger partial charge is 0.476 e. The highest BCUT2D eigenvalue weighted by atomic mass is 19.1. The van der Waals surface area contributed by atoms with E-state index in [4.69, 9.17) is 5.11 Å². The van der Waals surface area contributed by atoms with Gasteiger partial charge in [0, 0.05) is 12.1 Å². The van der Waals surface area contributed by atoms with Crippen LogP contribution in [0, 0.1) is 5.82 Å². The Morgan fingerprint density at radius 2 is 2.06 bits per heavy atom. The topological polar surface area (TPSA) is 55.1 Å². The first-order valence-electron chi connectivity index (χ1n) is 5.75. The van der Waals surface area contributed by atoms with Gasteiger partial charge in [-0.3, -0.25) is 0 Å². The normalized spacial score (nSPS) is 13.6. The quantitative estimate of drug-likeness (QED) is 0.884. The van der Waals surface area contributed by atoms with E-state index in [1.807, 2.05) is 4.57 Å². The second-order valence-corrected chi connectivity index (χ2v) is 4.30. The second kappa shape index (κ2) is 3.94. The number of aromatic carboxylic acids is 1. The molecule has 0 atom stereocenters. The molecule has 0 saturated heterocycles. The van der Waals surface area contributed by atoms with Crippen molar-refractivity contribution in [1.29, 1.82) is 0 Å². The molecule has 0 amide bonds. The van der Waals surface area contributed by atoms with Crippen LogP contribution >= 0.6 is 0 Å². The number of fused-ring (bicyclic) bond motifs is 1. The summed E-state index contributed by atoms with van der Waals surface area (Å²) in [6, 6.07) is 5.95. The molecule has 0 radical (unpaired) electrons. The number of aromatic nitrogens is 2. The van der Waals surface area contributed by atoms with Gasteiger partial charge in [0.05, 0.1) is 5.69 Å². The van der Waals surface area contributed by atoms with E-state index < -0.39 is 5.97 Å². The zero-order chi connectivity index (χ0) is 12.7. The molecule has 1 aliphatic rings. The van der Waals surface area contributed by atoms with Crippen molar-refractivity contribution in [1.82, 2.24) is 9.55 Å². The van der Waals surface area contributed by atoms with Gasteiger partial charge < -0.3 is 9.67 Å². The van der Waals surface area contributed by atoms with Crippen LogP contribution in [0.3, 0.4) is 0 Å². The minimum absolute atomic E-state index is 0.117. The fraction of sp³-hybridized carbons (Fsp3) is 0.231. The lowest BCUT2D eigenvalue weighted by molar-refractivity contribution is 0.0690. The Labute approximate surface area is 103 Å². The van der Waals surface area contributed by atoms with Gasteiger partial charge in [0.2, 0.25) is 0 Å². The highest BCUT2D eigenvalue weighted by Gasteiger charge is 2.25. The molecule has 5 heteroatoms. The summed E-state index contributed by atoms with van der Waals surface area (Å²) in [4.78, 5) is 15.3. The Morgan fingerprint density at radius 1 is 1.33 bits per heavy atom. The average Bonchev–Trinajstić information content (AvgIpc) is 2.91. The number of halogens is 1. The molecule has 0 fully saturated rings. The summed E-state index contributed by atoms with van der Waals surface area (Å²) in [5.41, 5.74) is 1.63. The van der Waals surface area contributed by atoms with Crippen LogP contribution in [0.1, 0.15) is 22.6 Å². The number of imidazole rings is 1. The number of hydrogen-bond acceptors (Lipinski definition) is 2. The van der Waals surface area contributed by atoms with Crippen molar-refractivity contribution in [2.45, 2.75) is 19.4 Å². The fourth-order valence-corrected chi connectivity index (χ4v) is 2.38. The maximum absolute atomic E-state index is 12.9. The first kappa shape index (κ1) is 11.0. The van der Waals surface area contributed by atoms with Crippen molar-refractivity contribution in [3.8, 4) is 11.4 Å². The van der Waals surface area contributed by atoms with E-state index in [2.05, 4.69) is 4.98 Å². The highest BCUT2D eigenvalue weighted by Crippen LogP contribution is 2.28. The number of rotatable bonds is 2. The molecular formula is C13H11FN2O2. The van der Waals surface area contributed by atoms with Crippen LogP contribution in [0.5, 0.6) is 0 Å². The van der Waals surface area contributed by atoms with E-state index in [0.29, 0.717) is 5.82 Å². The molecule has 1 aliphatic heterocycles. The molecule has 0 bridgehead atoms. The van der Waals surface area contributed by atoms with Gasteiger partial charge in [-0.1, -0.05) is 0 Å². The number of benzene rings is 1. The van der Waals surface area contributed by atoms with E-state index in [0.717, 1.165) is 30.6 Å².